The van der Waals surface area contributed by atoms with E-state index in [-0.39, 0.29) is 24.4 Å². The lowest BCUT2D eigenvalue weighted by Crippen LogP contribution is -2.49. The summed E-state index contributed by atoms with van der Waals surface area (Å²) in [6.07, 6.45) is 3.64. The molecule has 0 radical (unpaired) electrons. The highest BCUT2D eigenvalue weighted by Gasteiger charge is 2.22. The summed E-state index contributed by atoms with van der Waals surface area (Å²) >= 11 is 0. The van der Waals surface area contributed by atoms with Crippen LogP contribution in [0.25, 0.3) is 10.9 Å². The standard InChI is InChI=1S/C18H19N7O2/c26-16(23-10-12-24(13-11-23)18-19-7-3-8-20-18)6-9-25-17(27)14-4-1-2-5-15(14)21-22-25/h1-5,7-8H,6,9-13H2. The minimum absolute atomic E-state index is 0.00508. The van der Waals surface area contributed by atoms with E-state index in [2.05, 4.69) is 25.2 Å². The van der Waals surface area contributed by atoms with Gasteiger partial charge in [-0.3, -0.25) is 9.59 Å². The molecule has 1 aromatic carbocycles. The Bertz CT molecular complexity index is 997. The first-order valence-corrected chi connectivity index (χ1v) is 8.84. The fraction of sp³-hybridized carbons (Fsp3) is 0.333. The average Bonchev–Trinajstić information content (AvgIpc) is 2.74. The number of nitrogens with zero attached hydrogens (tertiary/aromatic N) is 7. The van der Waals surface area contributed by atoms with Crippen LogP contribution in [-0.4, -0.2) is 61.9 Å². The number of hydrogen-bond donors (Lipinski definition) is 0. The summed E-state index contributed by atoms with van der Waals surface area (Å²) in [5, 5.41) is 8.49. The van der Waals surface area contributed by atoms with Crippen molar-refractivity contribution in [3.05, 3.63) is 53.1 Å². The van der Waals surface area contributed by atoms with Crippen molar-refractivity contribution in [3.63, 3.8) is 0 Å². The number of benzene rings is 1. The second-order valence-electron chi connectivity index (χ2n) is 6.30. The van der Waals surface area contributed by atoms with E-state index in [9.17, 15) is 9.59 Å². The lowest BCUT2D eigenvalue weighted by atomic mass is 10.2. The van der Waals surface area contributed by atoms with Gasteiger partial charge in [-0.2, -0.15) is 0 Å². The largest absolute Gasteiger partial charge is 0.339 e. The molecule has 27 heavy (non-hydrogen) atoms. The second-order valence-corrected chi connectivity index (χ2v) is 6.30. The van der Waals surface area contributed by atoms with Gasteiger partial charge in [-0.05, 0) is 18.2 Å². The minimum Gasteiger partial charge on any atom is -0.339 e. The Morgan fingerprint density at radius 3 is 2.52 bits per heavy atom. The Morgan fingerprint density at radius 1 is 1.00 bits per heavy atom. The smallest absolute Gasteiger partial charge is 0.277 e. The maximum atomic E-state index is 12.5. The first-order chi connectivity index (χ1) is 13.2. The molecular formula is C18H19N7O2. The zero-order valence-corrected chi connectivity index (χ0v) is 14.7. The number of rotatable bonds is 4. The predicted octanol–water partition coefficient (Wildman–Crippen LogP) is 0.320. The lowest BCUT2D eigenvalue weighted by Gasteiger charge is -2.34. The number of carbonyl (C=O) groups is 1. The van der Waals surface area contributed by atoms with E-state index in [4.69, 9.17) is 0 Å². The summed E-state index contributed by atoms with van der Waals surface area (Å²) in [5.74, 6) is 0.688. The van der Waals surface area contributed by atoms with Gasteiger partial charge in [0, 0.05) is 45.0 Å². The van der Waals surface area contributed by atoms with Gasteiger partial charge < -0.3 is 9.80 Å². The van der Waals surface area contributed by atoms with E-state index < -0.39 is 0 Å². The number of carbonyl (C=O) groups excluding carboxylic acids is 1. The molecule has 0 N–H and O–H groups in total. The maximum absolute atomic E-state index is 12.5. The number of anilines is 1. The predicted molar refractivity (Wildman–Crippen MR) is 99.2 cm³/mol. The quantitative estimate of drug-likeness (QED) is 0.657. The van der Waals surface area contributed by atoms with Crippen molar-refractivity contribution in [1.29, 1.82) is 0 Å². The fourth-order valence-corrected chi connectivity index (χ4v) is 3.14. The maximum Gasteiger partial charge on any atom is 0.277 e. The Balaban J connectivity index is 1.35. The highest BCUT2D eigenvalue weighted by molar-refractivity contribution is 5.77. The van der Waals surface area contributed by atoms with E-state index in [1.54, 1.807) is 41.6 Å². The van der Waals surface area contributed by atoms with Gasteiger partial charge in [0.25, 0.3) is 5.56 Å². The summed E-state index contributed by atoms with van der Waals surface area (Å²) in [5.41, 5.74) is 0.337. The molecule has 9 nitrogen and oxygen atoms in total. The molecule has 1 aliphatic rings. The van der Waals surface area contributed by atoms with Crippen LogP contribution in [-0.2, 0) is 11.3 Å². The topological polar surface area (TPSA) is 97.1 Å². The van der Waals surface area contributed by atoms with E-state index in [1.807, 2.05) is 6.07 Å². The van der Waals surface area contributed by atoms with Crippen molar-refractivity contribution in [2.75, 3.05) is 31.1 Å². The normalized spacial score (nSPS) is 14.5. The second kappa shape index (κ2) is 7.48. The Hall–Kier alpha value is -3.36. The Labute approximate surface area is 155 Å². The summed E-state index contributed by atoms with van der Waals surface area (Å²) in [4.78, 5) is 37.3. The van der Waals surface area contributed by atoms with E-state index in [0.717, 1.165) is 0 Å². The van der Waals surface area contributed by atoms with E-state index in [0.29, 0.717) is 43.0 Å². The molecule has 0 aliphatic carbocycles. The van der Waals surface area contributed by atoms with Crippen LogP contribution in [0.5, 0.6) is 0 Å². The van der Waals surface area contributed by atoms with Crippen molar-refractivity contribution in [2.24, 2.45) is 0 Å². The highest BCUT2D eigenvalue weighted by Crippen LogP contribution is 2.10. The van der Waals surface area contributed by atoms with Gasteiger partial charge in [-0.25, -0.2) is 14.6 Å². The van der Waals surface area contributed by atoms with Gasteiger partial charge in [0.15, 0.2) is 0 Å². The molecule has 0 atom stereocenters. The summed E-state index contributed by atoms with van der Waals surface area (Å²) in [6.45, 7) is 2.80. The monoisotopic (exact) mass is 365 g/mol. The molecule has 1 fully saturated rings. The lowest BCUT2D eigenvalue weighted by molar-refractivity contribution is -0.131. The Morgan fingerprint density at radius 2 is 1.74 bits per heavy atom. The van der Waals surface area contributed by atoms with Crippen LogP contribution in [0.1, 0.15) is 6.42 Å². The van der Waals surface area contributed by atoms with Gasteiger partial charge >= 0.3 is 0 Å². The molecular weight excluding hydrogens is 346 g/mol. The number of aryl methyl sites for hydroxylation is 1. The van der Waals surface area contributed by atoms with Crippen molar-refractivity contribution >= 4 is 22.8 Å². The zero-order valence-electron chi connectivity index (χ0n) is 14.7. The molecule has 0 spiro atoms. The molecule has 2 aromatic heterocycles. The third-order valence-corrected chi connectivity index (χ3v) is 4.63. The first-order valence-electron chi connectivity index (χ1n) is 8.84. The van der Waals surface area contributed by atoms with Gasteiger partial charge in [-0.15, -0.1) is 5.10 Å². The zero-order chi connectivity index (χ0) is 18.6. The molecule has 0 saturated carbocycles. The number of amides is 1. The summed E-state index contributed by atoms with van der Waals surface area (Å²) in [6, 6.07) is 8.84. The van der Waals surface area contributed by atoms with Crippen molar-refractivity contribution in [1.82, 2.24) is 29.9 Å². The van der Waals surface area contributed by atoms with Crippen LogP contribution in [0.15, 0.2) is 47.5 Å². The highest BCUT2D eigenvalue weighted by atomic mass is 16.2. The number of fused-ring (bicyclic) bond motifs is 1. The molecule has 3 aromatic rings. The molecule has 138 valence electrons. The molecule has 0 unspecified atom stereocenters. The van der Waals surface area contributed by atoms with Crippen LogP contribution >= 0.6 is 0 Å². The number of piperazine rings is 1. The van der Waals surface area contributed by atoms with Gasteiger partial charge in [-0.1, -0.05) is 17.3 Å². The average molecular weight is 365 g/mol. The molecule has 9 heteroatoms. The third-order valence-electron chi connectivity index (χ3n) is 4.63. The summed E-state index contributed by atoms with van der Waals surface area (Å²) in [7, 11) is 0. The van der Waals surface area contributed by atoms with Crippen LogP contribution < -0.4 is 10.5 Å². The van der Waals surface area contributed by atoms with Crippen molar-refractivity contribution < 1.29 is 4.79 Å². The van der Waals surface area contributed by atoms with Crippen molar-refractivity contribution in [3.8, 4) is 0 Å². The third kappa shape index (κ3) is 3.62. The van der Waals surface area contributed by atoms with Crippen LogP contribution in [0.3, 0.4) is 0 Å². The van der Waals surface area contributed by atoms with E-state index >= 15 is 0 Å². The van der Waals surface area contributed by atoms with Gasteiger partial charge in [0.2, 0.25) is 11.9 Å². The SMILES string of the molecule is O=C(CCn1nnc2ccccc2c1=O)N1CCN(c2ncccn2)CC1. The van der Waals surface area contributed by atoms with Crippen LogP contribution in [0, 0.1) is 0 Å². The molecule has 0 bridgehead atoms. The van der Waals surface area contributed by atoms with E-state index in [1.165, 1.54) is 4.68 Å². The Kier molecular flexibility index (Phi) is 4.73. The molecule has 1 aliphatic heterocycles. The van der Waals surface area contributed by atoms with Crippen LogP contribution in [0.4, 0.5) is 5.95 Å². The van der Waals surface area contributed by atoms with Crippen molar-refractivity contribution in [2.45, 2.75) is 13.0 Å². The van der Waals surface area contributed by atoms with Crippen LogP contribution in [0.2, 0.25) is 0 Å². The minimum atomic E-state index is -0.223. The van der Waals surface area contributed by atoms with Gasteiger partial charge in [0.1, 0.15) is 5.52 Å². The number of aromatic nitrogens is 5. The molecule has 3 heterocycles. The first kappa shape index (κ1) is 17.1. The molecule has 4 rings (SSSR count). The fourth-order valence-electron chi connectivity index (χ4n) is 3.14. The summed E-state index contributed by atoms with van der Waals surface area (Å²) < 4.78 is 1.26. The van der Waals surface area contributed by atoms with Gasteiger partial charge in [0.05, 0.1) is 11.9 Å². The molecule has 1 amide bonds. The number of hydrogen-bond acceptors (Lipinski definition) is 7. The molecule has 1 saturated heterocycles.